The molecule has 3 aromatic rings. The average molecular weight is 477 g/mol. The van der Waals surface area contributed by atoms with Crippen LogP contribution in [0.15, 0.2) is 54.6 Å². The summed E-state index contributed by atoms with van der Waals surface area (Å²) in [5.74, 6) is -1.01. The highest BCUT2D eigenvalue weighted by Gasteiger charge is 2.35. The quantitative estimate of drug-likeness (QED) is 0.527. The van der Waals surface area contributed by atoms with E-state index in [4.69, 9.17) is 9.72 Å². The molecule has 0 aliphatic carbocycles. The molecule has 0 radical (unpaired) electrons. The Morgan fingerprint density at radius 3 is 2.29 bits per heavy atom. The maximum absolute atomic E-state index is 12.7. The molecule has 2 aromatic carbocycles. The van der Waals surface area contributed by atoms with Crippen LogP contribution in [-0.4, -0.2) is 65.4 Å². The van der Waals surface area contributed by atoms with Gasteiger partial charge in [0.05, 0.1) is 30.0 Å². The van der Waals surface area contributed by atoms with Crippen LogP contribution in [0.2, 0.25) is 0 Å². The van der Waals surface area contributed by atoms with Gasteiger partial charge >= 0.3 is 0 Å². The van der Waals surface area contributed by atoms with Crippen molar-refractivity contribution in [3.05, 3.63) is 70.6 Å². The second-order valence-electron chi connectivity index (χ2n) is 8.15. The summed E-state index contributed by atoms with van der Waals surface area (Å²) in [6.07, 6.45) is 0.00448. The summed E-state index contributed by atoms with van der Waals surface area (Å²) in [6.45, 7) is 3.88. The lowest BCUT2D eigenvalue weighted by Crippen LogP contribution is -2.35. The molecule has 174 valence electrons. The first-order chi connectivity index (χ1) is 16.6. The minimum absolute atomic E-state index is 0.00448. The number of hydrogen-bond acceptors (Lipinski definition) is 7. The van der Waals surface area contributed by atoms with Crippen LogP contribution in [0, 0.1) is 0 Å². The van der Waals surface area contributed by atoms with Crippen molar-refractivity contribution in [3.8, 4) is 11.3 Å². The number of thiazole rings is 1. The van der Waals surface area contributed by atoms with Gasteiger partial charge in [-0.05, 0) is 12.1 Å². The minimum atomic E-state index is -0.359. The number of carbonyl (C=O) groups is 3. The number of benzene rings is 2. The van der Waals surface area contributed by atoms with Crippen molar-refractivity contribution < 1.29 is 19.1 Å². The molecule has 2 aliphatic rings. The first-order valence-corrected chi connectivity index (χ1v) is 12.0. The van der Waals surface area contributed by atoms with E-state index in [9.17, 15) is 14.4 Å². The van der Waals surface area contributed by atoms with Crippen LogP contribution in [0.4, 0.5) is 5.13 Å². The standard InChI is InChI=1S/C25H24N4O4S/c30-21(10-11-29-23(31)18-8-4-5-9-19(18)24(29)32)26-25-27-22(17-6-2-1-3-7-17)20(34-25)16-28-12-14-33-15-13-28/h1-9H,10-16H2,(H,26,27,30). The molecule has 0 atom stereocenters. The number of morpholine rings is 1. The van der Waals surface area contributed by atoms with Crippen molar-refractivity contribution >= 4 is 34.2 Å². The van der Waals surface area contributed by atoms with Crippen molar-refractivity contribution in [3.63, 3.8) is 0 Å². The van der Waals surface area contributed by atoms with Crippen molar-refractivity contribution in [2.24, 2.45) is 0 Å². The molecule has 1 aromatic heterocycles. The molecule has 1 fully saturated rings. The highest BCUT2D eigenvalue weighted by Crippen LogP contribution is 2.32. The average Bonchev–Trinajstić information content (AvgIpc) is 3.37. The van der Waals surface area contributed by atoms with Crippen LogP contribution in [0.3, 0.4) is 0 Å². The van der Waals surface area contributed by atoms with E-state index in [1.807, 2.05) is 30.3 Å². The molecule has 9 heteroatoms. The number of aromatic nitrogens is 1. The van der Waals surface area contributed by atoms with Crippen molar-refractivity contribution in [1.29, 1.82) is 0 Å². The third-order valence-corrected chi connectivity index (χ3v) is 6.86. The van der Waals surface area contributed by atoms with E-state index in [2.05, 4.69) is 10.2 Å². The van der Waals surface area contributed by atoms with Gasteiger partial charge < -0.3 is 10.1 Å². The van der Waals surface area contributed by atoms with Gasteiger partial charge in [0, 0.05) is 43.0 Å². The summed E-state index contributed by atoms with van der Waals surface area (Å²) in [6, 6.07) is 16.6. The number of nitrogens with one attached hydrogen (secondary N) is 1. The molecule has 1 saturated heterocycles. The monoisotopic (exact) mass is 476 g/mol. The predicted octanol–water partition coefficient (Wildman–Crippen LogP) is 3.27. The highest BCUT2D eigenvalue weighted by atomic mass is 32.1. The Morgan fingerprint density at radius 2 is 1.62 bits per heavy atom. The van der Waals surface area contributed by atoms with Gasteiger partial charge in [-0.2, -0.15) is 0 Å². The molecule has 0 unspecified atom stereocenters. The summed E-state index contributed by atoms with van der Waals surface area (Å²) in [5, 5.41) is 3.37. The second-order valence-corrected chi connectivity index (χ2v) is 9.23. The Kier molecular flexibility index (Phi) is 6.48. The maximum atomic E-state index is 12.7. The lowest BCUT2D eigenvalue weighted by Gasteiger charge is -2.26. The third-order valence-electron chi connectivity index (χ3n) is 5.90. The van der Waals surface area contributed by atoms with Crippen molar-refractivity contribution in [1.82, 2.24) is 14.8 Å². The number of fused-ring (bicyclic) bond motifs is 1. The number of imide groups is 1. The van der Waals surface area contributed by atoms with Crippen molar-refractivity contribution in [2.45, 2.75) is 13.0 Å². The van der Waals surface area contributed by atoms with Crippen LogP contribution >= 0.6 is 11.3 Å². The van der Waals surface area contributed by atoms with Crippen LogP contribution in [0.1, 0.15) is 32.0 Å². The molecular formula is C25H24N4O4S. The normalized spacial score (nSPS) is 16.1. The molecule has 5 rings (SSSR count). The summed E-state index contributed by atoms with van der Waals surface area (Å²) in [5.41, 5.74) is 2.61. The number of nitrogens with zero attached hydrogens (tertiary/aromatic N) is 3. The fourth-order valence-electron chi connectivity index (χ4n) is 4.13. The highest BCUT2D eigenvalue weighted by molar-refractivity contribution is 7.16. The Morgan fingerprint density at radius 1 is 0.971 bits per heavy atom. The van der Waals surface area contributed by atoms with E-state index in [-0.39, 0.29) is 30.7 Å². The first-order valence-electron chi connectivity index (χ1n) is 11.2. The summed E-state index contributed by atoms with van der Waals surface area (Å²) < 4.78 is 5.45. The fraction of sp³-hybridized carbons (Fsp3) is 0.280. The van der Waals surface area contributed by atoms with Crippen LogP contribution in [-0.2, 0) is 16.1 Å². The SMILES string of the molecule is O=C(CCN1C(=O)c2ccccc2C1=O)Nc1nc(-c2ccccc2)c(CN2CCOCC2)s1. The number of amides is 3. The van der Waals surface area contributed by atoms with Gasteiger partial charge in [-0.1, -0.05) is 53.8 Å². The number of anilines is 1. The van der Waals surface area contributed by atoms with E-state index in [0.717, 1.165) is 40.7 Å². The largest absolute Gasteiger partial charge is 0.379 e. The molecule has 0 saturated carbocycles. The maximum Gasteiger partial charge on any atom is 0.261 e. The zero-order valence-electron chi connectivity index (χ0n) is 18.5. The minimum Gasteiger partial charge on any atom is -0.379 e. The van der Waals surface area contributed by atoms with Gasteiger partial charge in [-0.25, -0.2) is 4.98 Å². The van der Waals surface area contributed by atoms with Gasteiger partial charge in [0.2, 0.25) is 5.91 Å². The Bertz CT molecular complexity index is 1190. The number of hydrogen-bond donors (Lipinski definition) is 1. The van der Waals surface area contributed by atoms with Gasteiger partial charge in [0.15, 0.2) is 5.13 Å². The molecular weight excluding hydrogens is 452 g/mol. The summed E-state index contributed by atoms with van der Waals surface area (Å²) in [7, 11) is 0. The smallest absolute Gasteiger partial charge is 0.261 e. The van der Waals surface area contributed by atoms with Gasteiger partial charge in [-0.15, -0.1) is 0 Å². The van der Waals surface area contributed by atoms with E-state index >= 15 is 0 Å². The molecule has 1 N–H and O–H groups in total. The Balaban J connectivity index is 1.27. The Hall–Kier alpha value is -3.40. The van der Waals surface area contributed by atoms with Gasteiger partial charge in [0.25, 0.3) is 11.8 Å². The zero-order chi connectivity index (χ0) is 23.5. The predicted molar refractivity (Wildman–Crippen MR) is 129 cm³/mol. The molecule has 3 amide bonds. The molecule has 3 heterocycles. The number of ether oxygens (including phenoxy) is 1. The lowest BCUT2D eigenvalue weighted by atomic mass is 10.1. The molecule has 8 nitrogen and oxygen atoms in total. The van der Waals surface area contributed by atoms with E-state index < -0.39 is 0 Å². The van der Waals surface area contributed by atoms with E-state index in [1.54, 1.807) is 24.3 Å². The molecule has 34 heavy (non-hydrogen) atoms. The van der Waals surface area contributed by atoms with E-state index in [0.29, 0.717) is 29.5 Å². The number of rotatable bonds is 7. The summed E-state index contributed by atoms with van der Waals surface area (Å²) >= 11 is 1.45. The Labute approximate surface area is 201 Å². The van der Waals surface area contributed by atoms with E-state index in [1.165, 1.54) is 11.3 Å². The van der Waals surface area contributed by atoms with Gasteiger partial charge in [0.1, 0.15) is 0 Å². The molecule has 0 bridgehead atoms. The second kappa shape index (κ2) is 9.84. The van der Waals surface area contributed by atoms with Crippen LogP contribution in [0.5, 0.6) is 0 Å². The van der Waals surface area contributed by atoms with Crippen molar-refractivity contribution in [2.75, 3.05) is 38.2 Å². The summed E-state index contributed by atoms with van der Waals surface area (Å²) in [4.78, 5) is 47.0. The van der Waals surface area contributed by atoms with Crippen LogP contribution in [0.25, 0.3) is 11.3 Å². The fourth-order valence-corrected chi connectivity index (χ4v) is 5.18. The molecule has 2 aliphatic heterocycles. The van der Waals surface area contributed by atoms with Gasteiger partial charge in [-0.3, -0.25) is 24.2 Å². The third kappa shape index (κ3) is 4.63. The lowest BCUT2D eigenvalue weighted by molar-refractivity contribution is -0.116. The zero-order valence-corrected chi connectivity index (χ0v) is 19.3. The molecule has 0 spiro atoms. The van der Waals surface area contributed by atoms with Crippen LogP contribution < -0.4 is 5.32 Å². The first kappa shape index (κ1) is 22.4. The topological polar surface area (TPSA) is 91.8 Å². The number of carbonyl (C=O) groups excluding carboxylic acids is 3.